The van der Waals surface area contributed by atoms with Gasteiger partial charge in [-0.2, -0.15) is 0 Å². The van der Waals surface area contributed by atoms with Crippen LogP contribution < -0.4 is 0 Å². The van der Waals surface area contributed by atoms with Gasteiger partial charge >= 0.3 is 0 Å². The molecule has 2 aromatic rings. The summed E-state index contributed by atoms with van der Waals surface area (Å²) in [5.74, 6) is 0.712. The van der Waals surface area contributed by atoms with E-state index in [1.807, 2.05) is 6.07 Å². The first-order chi connectivity index (χ1) is 11.8. The number of hydrogen-bond acceptors (Lipinski definition) is 4. The quantitative estimate of drug-likeness (QED) is 0.856. The molecule has 2 heterocycles. The monoisotopic (exact) mass is 341 g/mol. The minimum atomic E-state index is 0.323. The molecule has 0 atom stereocenters. The van der Waals surface area contributed by atoms with Crippen LogP contribution in [0.1, 0.15) is 25.0 Å². The molecule has 1 amide bonds. The number of nitrogens with zero attached hydrogens (tertiary/aromatic N) is 3. The van der Waals surface area contributed by atoms with Gasteiger partial charge in [-0.15, -0.1) is 11.3 Å². The summed E-state index contributed by atoms with van der Waals surface area (Å²) < 4.78 is 0. The average molecular weight is 341 g/mol. The van der Waals surface area contributed by atoms with Crippen LogP contribution in [0.4, 0.5) is 0 Å². The van der Waals surface area contributed by atoms with Crippen LogP contribution in [-0.2, 0) is 11.3 Å². The van der Waals surface area contributed by atoms with Gasteiger partial charge in [-0.05, 0) is 12.8 Å². The normalized spacial score (nSPS) is 19.2. The summed E-state index contributed by atoms with van der Waals surface area (Å²) in [4.78, 5) is 21.6. The maximum Gasteiger partial charge on any atom is 0.225 e. The van der Waals surface area contributed by atoms with Crippen molar-refractivity contribution in [2.75, 3.05) is 26.2 Å². The first kappa shape index (κ1) is 15.8. The fourth-order valence-corrected chi connectivity index (χ4v) is 4.18. The van der Waals surface area contributed by atoms with E-state index in [1.54, 1.807) is 11.3 Å². The molecule has 1 aromatic heterocycles. The van der Waals surface area contributed by atoms with E-state index in [0.29, 0.717) is 11.8 Å². The number of hydrogen-bond donors (Lipinski definition) is 0. The van der Waals surface area contributed by atoms with Crippen molar-refractivity contribution >= 4 is 17.2 Å². The Bertz CT molecular complexity index is 688. The van der Waals surface area contributed by atoms with Crippen molar-refractivity contribution in [2.45, 2.75) is 25.8 Å². The Kier molecular flexibility index (Phi) is 4.63. The van der Waals surface area contributed by atoms with Crippen molar-refractivity contribution in [2.24, 2.45) is 5.92 Å². The second kappa shape index (κ2) is 7.03. The van der Waals surface area contributed by atoms with E-state index < -0.39 is 0 Å². The molecule has 1 saturated heterocycles. The van der Waals surface area contributed by atoms with Crippen LogP contribution >= 0.6 is 11.3 Å². The van der Waals surface area contributed by atoms with Crippen LogP contribution in [0.15, 0.2) is 35.7 Å². The van der Waals surface area contributed by atoms with Gasteiger partial charge in [0.25, 0.3) is 0 Å². The lowest BCUT2D eigenvalue weighted by atomic mass is 9.84. The highest BCUT2D eigenvalue weighted by atomic mass is 32.1. The van der Waals surface area contributed by atoms with E-state index in [0.717, 1.165) is 56.3 Å². The fraction of sp³-hybridized carbons (Fsp3) is 0.474. The van der Waals surface area contributed by atoms with Gasteiger partial charge in [0, 0.05) is 49.6 Å². The van der Waals surface area contributed by atoms with Crippen molar-refractivity contribution in [3.05, 3.63) is 41.4 Å². The SMILES string of the molecule is O=C(C1CCC1)N1CCN(Cc2csc(-c3ccccc3)n2)CC1. The Hall–Kier alpha value is -1.72. The fourth-order valence-electron chi connectivity index (χ4n) is 3.36. The molecule has 5 heteroatoms. The minimum Gasteiger partial charge on any atom is -0.340 e. The smallest absolute Gasteiger partial charge is 0.225 e. The molecule has 0 N–H and O–H groups in total. The van der Waals surface area contributed by atoms with Gasteiger partial charge in [-0.1, -0.05) is 36.8 Å². The van der Waals surface area contributed by atoms with Crippen molar-refractivity contribution in [1.82, 2.24) is 14.8 Å². The summed E-state index contributed by atoms with van der Waals surface area (Å²) in [7, 11) is 0. The summed E-state index contributed by atoms with van der Waals surface area (Å²) in [6, 6.07) is 10.3. The molecule has 2 fully saturated rings. The van der Waals surface area contributed by atoms with Gasteiger partial charge in [-0.3, -0.25) is 9.69 Å². The number of thiazole rings is 1. The lowest BCUT2D eigenvalue weighted by Crippen LogP contribution is -2.50. The van der Waals surface area contributed by atoms with E-state index in [9.17, 15) is 4.79 Å². The van der Waals surface area contributed by atoms with Gasteiger partial charge in [0.1, 0.15) is 5.01 Å². The molecular weight excluding hydrogens is 318 g/mol. The third-order valence-electron chi connectivity index (χ3n) is 5.10. The summed E-state index contributed by atoms with van der Waals surface area (Å²) in [5, 5.41) is 3.25. The molecule has 0 bridgehead atoms. The summed E-state index contributed by atoms with van der Waals surface area (Å²) in [6.07, 6.45) is 3.42. The van der Waals surface area contributed by atoms with E-state index in [1.165, 1.54) is 12.0 Å². The van der Waals surface area contributed by atoms with Crippen LogP contribution in [0.25, 0.3) is 10.6 Å². The zero-order valence-corrected chi connectivity index (χ0v) is 14.7. The van der Waals surface area contributed by atoms with Crippen LogP contribution in [-0.4, -0.2) is 46.9 Å². The molecular formula is C19H23N3OS. The summed E-state index contributed by atoms with van der Waals surface area (Å²) in [5.41, 5.74) is 2.32. The largest absolute Gasteiger partial charge is 0.340 e. The first-order valence-corrected chi connectivity index (χ1v) is 9.68. The van der Waals surface area contributed by atoms with E-state index in [-0.39, 0.29) is 0 Å². The molecule has 2 aliphatic rings. The van der Waals surface area contributed by atoms with Crippen molar-refractivity contribution in [3.8, 4) is 10.6 Å². The number of aromatic nitrogens is 1. The topological polar surface area (TPSA) is 36.4 Å². The molecule has 4 rings (SSSR count). The van der Waals surface area contributed by atoms with E-state index in [2.05, 4.69) is 39.4 Å². The first-order valence-electron chi connectivity index (χ1n) is 8.80. The zero-order chi connectivity index (χ0) is 16.4. The zero-order valence-electron chi connectivity index (χ0n) is 13.9. The third-order valence-corrected chi connectivity index (χ3v) is 6.04. The van der Waals surface area contributed by atoms with Crippen LogP contribution in [0.3, 0.4) is 0 Å². The predicted octanol–water partition coefficient (Wildman–Crippen LogP) is 3.25. The highest BCUT2D eigenvalue weighted by molar-refractivity contribution is 7.13. The highest BCUT2D eigenvalue weighted by Crippen LogP contribution is 2.29. The van der Waals surface area contributed by atoms with E-state index >= 15 is 0 Å². The summed E-state index contributed by atoms with van der Waals surface area (Å²) in [6.45, 7) is 4.53. The number of benzene rings is 1. The molecule has 1 aliphatic heterocycles. The number of carbonyl (C=O) groups is 1. The van der Waals surface area contributed by atoms with Gasteiger partial charge in [0.2, 0.25) is 5.91 Å². The van der Waals surface area contributed by atoms with Crippen molar-refractivity contribution in [3.63, 3.8) is 0 Å². The van der Waals surface area contributed by atoms with Crippen molar-refractivity contribution < 1.29 is 4.79 Å². The molecule has 1 saturated carbocycles. The van der Waals surface area contributed by atoms with Crippen LogP contribution in [0.5, 0.6) is 0 Å². The maximum atomic E-state index is 12.3. The minimum absolute atomic E-state index is 0.323. The molecule has 0 spiro atoms. The molecule has 1 aromatic carbocycles. The molecule has 4 nitrogen and oxygen atoms in total. The van der Waals surface area contributed by atoms with Gasteiger partial charge in [0.05, 0.1) is 5.69 Å². The summed E-state index contributed by atoms with van der Waals surface area (Å²) >= 11 is 1.71. The Morgan fingerprint density at radius 2 is 1.88 bits per heavy atom. The number of piperazine rings is 1. The standard InChI is InChI=1S/C19H23N3OS/c23-19(16-7-4-8-16)22-11-9-21(10-12-22)13-17-14-24-18(20-17)15-5-2-1-3-6-15/h1-3,5-6,14,16H,4,7-13H2. The molecule has 0 unspecified atom stereocenters. The number of rotatable bonds is 4. The van der Waals surface area contributed by atoms with Crippen LogP contribution in [0, 0.1) is 5.92 Å². The van der Waals surface area contributed by atoms with Gasteiger partial charge in [0.15, 0.2) is 0 Å². The number of carbonyl (C=O) groups excluding carboxylic acids is 1. The molecule has 24 heavy (non-hydrogen) atoms. The lowest BCUT2D eigenvalue weighted by molar-refractivity contribution is -0.140. The predicted molar refractivity (Wildman–Crippen MR) is 96.7 cm³/mol. The maximum absolute atomic E-state index is 12.3. The Morgan fingerprint density at radius 1 is 1.12 bits per heavy atom. The third kappa shape index (κ3) is 3.37. The van der Waals surface area contributed by atoms with E-state index in [4.69, 9.17) is 4.98 Å². The van der Waals surface area contributed by atoms with Crippen molar-refractivity contribution in [1.29, 1.82) is 0 Å². The Balaban J connectivity index is 1.31. The average Bonchev–Trinajstić information content (AvgIpc) is 3.03. The highest BCUT2D eigenvalue weighted by Gasteiger charge is 2.31. The molecule has 126 valence electrons. The van der Waals surface area contributed by atoms with Gasteiger partial charge < -0.3 is 4.90 Å². The molecule has 0 radical (unpaired) electrons. The Morgan fingerprint density at radius 3 is 2.54 bits per heavy atom. The molecule has 1 aliphatic carbocycles. The van der Waals surface area contributed by atoms with Crippen LogP contribution in [0.2, 0.25) is 0 Å². The second-order valence-corrected chi connectivity index (χ2v) is 7.60. The van der Waals surface area contributed by atoms with Gasteiger partial charge in [-0.25, -0.2) is 4.98 Å². The second-order valence-electron chi connectivity index (χ2n) is 6.74. The Labute approximate surface area is 147 Å². The number of amides is 1. The lowest BCUT2D eigenvalue weighted by Gasteiger charge is -2.38.